The van der Waals surface area contributed by atoms with Gasteiger partial charge in [0.25, 0.3) is 0 Å². The van der Waals surface area contributed by atoms with E-state index in [4.69, 9.17) is 0 Å². The van der Waals surface area contributed by atoms with Gasteiger partial charge in [-0.25, -0.2) is 0 Å². The molecule has 0 aromatic heterocycles. The molecule has 0 aromatic rings. The molecule has 2 bridgehead atoms. The number of carbonyl (C=O) groups is 1. The Labute approximate surface area is 79.1 Å². The first-order valence-electron chi connectivity index (χ1n) is 5.63. The SMILES string of the molecule is O=C(NC1CC2CCC1C2)C1CC1. The van der Waals surface area contributed by atoms with Gasteiger partial charge in [0.2, 0.25) is 5.91 Å². The number of nitrogens with one attached hydrogen (secondary N) is 1. The zero-order valence-electron chi connectivity index (χ0n) is 7.96. The molecule has 0 heterocycles. The Morgan fingerprint density at radius 1 is 1.08 bits per heavy atom. The van der Waals surface area contributed by atoms with E-state index in [0.717, 1.165) is 24.7 Å². The van der Waals surface area contributed by atoms with Crippen LogP contribution in [0.1, 0.15) is 38.5 Å². The van der Waals surface area contributed by atoms with Gasteiger partial charge >= 0.3 is 0 Å². The predicted octanol–water partition coefficient (Wildman–Crippen LogP) is 1.70. The molecule has 0 radical (unpaired) electrons. The third-order valence-corrected chi connectivity index (χ3v) is 4.01. The van der Waals surface area contributed by atoms with E-state index in [9.17, 15) is 4.79 Å². The van der Waals surface area contributed by atoms with E-state index < -0.39 is 0 Å². The molecule has 3 saturated carbocycles. The Hall–Kier alpha value is -0.530. The predicted molar refractivity (Wildman–Crippen MR) is 50.1 cm³/mol. The molecule has 3 fully saturated rings. The zero-order chi connectivity index (χ0) is 8.84. The summed E-state index contributed by atoms with van der Waals surface area (Å²) >= 11 is 0. The van der Waals surface area contributed by atoms with Gasteiger partial charge in [0, 0.05) is 12.0 Å². The van der Waals surface area contributed by atoms with Gasteiger partial charge < -0.3 is 5.32 Å². The maximum Gasteiger partial charge on any atom is 0.223 e. The molecule has 1 N–H and O–H groups in total. The second-order valence-corrected chi connectivity index (χ2v) is 5.06. The summed E-state index contributed by atoms with van der Waals surface area (Å²) in [6, 6.07) is 0.548. The van der Waals surface area contributed by atoms with Crippen LogP contribution >= 0.6 is 0 Å². The van der Waals surface area contributed by atoms with Crippen LogP contribution in [0, 0.1) is 17.8 Å². The number of hydrogen-bond acceptors (Lipinski definition) is 1. The molecule has 1 amide bonds. The number of carbonyl (C=O) groups excluding carboxylic acids is 1. The summed E-state index contributed by atoms with van der Waals surface area (Å²) in [5, 5.41) is 3.23. The van der Waals surface area contributed by atoms with Crippen molar-refractivity contribution < 1.29 is 4.79 Å². The van der Waals surface area contributed by atoms with Crippen LogP contribution in [0.25, 0.3) is 0 Å². The molecule has 3 atom stereocenters. The number of hydrogen-bond donors (Lipinski definition) is 1. The summed E-state index contributed by atoms with van der Waals surface area (Å²) in [5.74, 6) is 2.50. The van der Waals surface area contributed by atoms with Crippen molar-refractivity contribution >= 4 is 5.91 Å². The third kappa shape index (κ3) is 1.36. The monoisotopic (exact) mass is 179 g/mol. The summed E-state index contributed by atoms with van der Waals surface area (Å²) in [7, 11) is 0. The van der Waals surface area contributed by atoms with Gasteiger partial charge in [0.15, 0.2) is 0 Å². The van der Waals surface area contributed by atoms with E-state index in [1.807, 2.05) is 0 Å². The summed E-state index contributed by atoms with van der Waals surface area (Å²) in [4.78, 5) is 11.5. The van der Waals surface area contributed by atoms with Crippen LogP contribution in [0.4, 0.5) is 0 Å². The molecule has 2 nitrogen and oxygen atoms in total. The Kier molecular flexibility index (Phi) is 1.64. The molecular formula is C11H17NO. The van der Waals surface area contributed by atoms with Crippen LogP contribution in [0.3, 0.4) is 0 Å². The molecule has 0 aromatic carbocycles. The molecule has 0 aliphatic heterocycles. The average molecular weight is 179 g/mol. The molecule has 72 valence electrons. The lowest BCUT2D eigenvalue weighted by Gasteiger charge is -2.22. The average Bonchev–Trinajstić information content (AvgIpc) is 2.79. The van der Waals surface area contributed by atoms with E-state index in [0.29, 0.717) is 17.9 Å². The highest BCUT2D eigenvalue weighted by Gasteiger charge is 2.41. The maximum atomic E-state index is 11.5. The number of amides is 1. The molecule has 0 saturated heterocycles. The first-order chi connectivity index (χ1) is 6.33. The molecule has 3 aliphatic rings. The fourth-order valence-electron chi connectivity index (χ4n) is 3.07. The van der Waals surface area contributed by atoms with E-state index in [1.54, 1.807) is 0 Å². The molecular weight excluding hydrogens is 162 g/mol. The van der Waals surface area contributed by atoms with Crippen molar-refractivity contribution in [2.24, 2.45) is 17.8 Å². The summed E-state index contributed by atoms with van der Waals surface area (Å²) in [6.07, 6.45) is 7.69. The standard InChI is InChI=1S/C11H17NO/c13-11(8-3-4-8)12-10-6-7-1-2-9(10)5-7/h7-10H,1-6H2,(H,12,13). The fraction of sp³-hybridized carbons (Fsp3) is 0.909. The van der Waals surface area contributed by atoms with Gasteiger partial charge in [-0.15, -0.1) is 0 Å². The van der Waals surface area contributed by atoms with Gasteiger partial charge in [-0.1, -0.05) is 6.42 Å². The molecule has 2 heteroatoms. The summed E-state index contributed by atoms with van der Waals surface area (Å²) < 4.78 is 0. The lowest BCUT2D eigenvalue weighted by molar-refractivity contribution is -0.123. The van der Waals surface area contributed by atoms with Crippen LogP contribution < -0.4 is 5.32 Å². The van der Waals surface area contributed by atoms with Gasteiger partial charge in [-0.2, -0.15) is 0 Å². The normalized spacial score (nSPS) is 42.3. The van der Waals surface area contributed by atoms with Crippen LogP contribution in [0.5, 0.6) is 0 Å². The van der Waals surface area contributed by atoms with Crippen molar-refractivity contribution in [3.63, 3.8) is 0 Å². The quantitative estimate of drug-likeness (QED) is 0.687. The van der Waals surface area contributed by atoms with E-state index >= 15 is 0 Å². The van der Waals surface area contributed by atoms with Crippen LogP contribution in [-0.2, 0) is 4.79 Å². The van der Waals surface area contributed by atoms with Crippen molar-refractivity contribution in [1.29, 1.82) is 0 Å². The minimum absolute atomic E-state index is 0.345. The van der Waals surface area contributed by atoms with Crippen molar-refractivity contribution in [3.8, 4) is 0 Å². The zero-order valence-corrected chi connectivity index (χ0v) is 7.96. The Balaban J connectivity index is 1.58. The van der Waals surface area contributed by atoms with Gasteiger partial charge in [-0.05, 0) is 43.9 Å². The smallest absolute Gasteiger partial charge is 0.223 e. The fourth-order valence-corrected chi connectivity index (χ4v) is 3.07. The van der Waals surface area contributed by atoms with Crippen LogP contribution in [0.15, 0.2) is 0 Å². The van der Waals surface area contributed by atoms with E-state index in [-0.39, 0.29) is 0 Å². The first-order valence-corrected chi connectivity index (χ1v) is 5.63. The van der Waals surface area contributed by atoms with E-state index in [1.165, 1.54) is 25.7 Å². The molecule has 3 unspecified atom stereocenters. The maximum absolute atomic E-state index is 11.5. The Morgan fingerprint density at radius 2 is 1.92 bits per heavy atom. The lowest BCUT2D eigenvalue weighted by atomic mass is 9.95. The highest BCUT2D eigenvalue weighted by atomic mass is 16.2. The van der Waals surface area contributed by atoms with Gasteiger partial charge in [0.1, 0.15) is 0 Å². The molecule has 13 heavy (non-hydrogen) atoms. The van der Waals surface area contributed by atoms with Crippen LogP contribution in [0.2, 0.25) is 0 Å². The topological polar surface area (TPSA) is 29.1 Å². The van der Waals surface area contributed by atoms with Crippen LogP contribution in [-0.4, -0.2) is 11.9 Å². The van der Waals surface area contributed by atoms with Gasteiger partial charge in [0.05, 0.1) is 0 Å². The highest BCUT2D eigenvalue weighted by Crippen LogP contribution is 2.44. The lowest BCUT2D eigenvalue weighted by Crippen LogP contribution is -2.39. The second kappa shape index (κ2) is 2.73. The van der Waals surface area contributed by atoms with Gasteiger partial charge in [-0.3, -0.25) is 4.79 Å². The minimum Gasteiger partial charge on any atom is -0.353 e. The minimum atomic E-state index is 0.345. The molecule has 0 spiro atoms. The Bertz CT molecular complexity index is 234. The van der Waals surface area contributed by atoms with Crippen molar-refractivity contribution in [3.05, 3.63) is 0 Å². The van der Waals surface area contributed by atoms with Crippen molar-refractivity contribution in [2.75, 3.05) is 0 Å². The third-order valence-electron chi connectivity index (χ3n) is 4.01. The summed E-state index contributed by atoms with van der Waals surface area (Å²) in [5.41, 5.74) is 0. The highest BCUT2D eigenvalue weighted by molar-refractivity contribution is 5.81. The Morgan fingerprint density at radius 3 is 2.46 bits per heavy atom. The second-order valence-electron chi connectivity index (χ2n) is 5.06. The first kappa shape index (κ1) is 7.84. The molecule has 3 aliphatic carbocycles. The largest absolute Gasteiger partial charge is 0.353 e. The van der Waals surface area contributed by atoms with Crippen molar-refractivity contribution in [1.82, 2.24) is 5.32 Å². The molecule has 3 rings (SSSR count). The number of rotatable bonds is 2. The number of fused-ring (bicyclic) bond motifs is 2. The van der Waals surface area contributed by atoms with Crippen molar-refractivity contribution in [2.45, 2.75) is 44.6 Å². The summed E-state index contributed by atoms with van der Waals surface area (Å²) in [6.45, 7) is 0. The van der Waals surface area contributed by atoms with E-state index in [2.05, 4.69) is 5.32 Å².